The van der Waals surface area contributed by atoms with Gasteiger partial charge in [0.2, 0.25) is 11.8 Å². The van der Waals surface area contributed by atoms with Crippen molar-refractivity contribution in [3.63, 3.8) is 0 Å². The van der Waals surface area contributed by atoms with Crippen molar-refractivity contribution >= 4 is 35.1 Å². The minimum absolute atomic E-state index is 0.132. The van der Waals surface area contributed by atoms with Crippen LogP contribution in [-0.4, -0.2) is 66.4 Å². The SMILES string of the molecule is CC(C)C[C@@H](NC(N)=O)C(=O)N1CCN(CC(=O)Nc2ccccc2Cl)CC1. The van der Waals surface area contributed by atoms with E-state index < -0.39 is 12.1 Å². The molecule has 2 rings (SSSR count). The number of urea groups is 1. The maximum absolute atomic E-state index is 12.7. The van der Waals surface area contributed by atoms with E-state index in [9.17, 15) is 14.4 Å². The normalized spacial score (nSPS) is 15.9. The zero-order valence-electron chi connectivity index (χ0n) is 16.3. The lowest BCUT2D eigenvalue weighted by Gasteiger charge is -2.36. The summed E-state index contributed by atoms with van der Waals surface area (Å²) >= 11 is 6.06. The first-order valence-corrected chi connectivity index (χ1v) is 9.75. The maximum Gasteiger partial charge on any atom is 0.312 e. The van der Waals surface area contributed by atoms with Crippen molar-refractivity contribution in [3.05, 3.63) is 29.3 Å². The van der Waals surface area contributed by atoms with Gasteiger partial charge in [-0.3, -0.25) is 14.5 Å². The molecule has 4 amide bonds. The average molecular weight is 410 g/mol. The van der Waals surface area contributed by atoms with Crippen LogP contribution in [0.4, 0.5) is 10.5 Å². The van der Waals surface area contributed by atoms with Crippen molar-refractivity contribution < 1.29 is 14.4 Å². The quantitative estimate of drug-likeness (QED) is 0.634. The molecule has 0 saturated carbocycles. The number of piperazine rings is 1. The molecule has 0 aromatic heterocycles. The molecule has 28 heavy (non-hydrogen) atoms. The van der Waals surface area contributed by atoms with Gasteiger partial charge in [0, 0.05) is 26.2 Å². The molecular weight excluding hydrogens is 382 g/mol. The summed E-state index contributed by atoms with van der Waals surface area (Å²) in [7, 11) is 0. The smallest absolute Gasteiger partial charge is 0.312 e. The van der Waals surface area contributed by atoms with Crippen LogP contribution in [0.1, 0.15) is 20.3 Å². The number of halogens is 1. The van der Waals surface area contributed by atoms with Crippen molar-refractivity contribution in [3.8, 4) is 0 Å². The van der Waals surface area contributed by atoms with E-state index >= 15 is 0 Å². The Hall–Kier alpha value is -2.32. The van der Waals surface area contributed by atoms with E-state index in [1.165, 1.54) is 0 Å². The third-order valence-electron chi connectivity index (χ3n) is 4.52. The molecule has 0 spiro atoms. The summed E-state index contributed by atoms with van der Waals surface area (Å²) in [5.41, 5.74) is 5.78. The van der Waals surface area contributed by atoms with Crippen LogP contribution in [-0.2, 0) is 9.59 Å². The van der Waals surface area contributed by atoms with Crippen LogP contribution in [0.5, 0.6) is 0 Å². The number of primary amides is 1. The predicted octanol–water partition coefficient (Wildman–Crippen LogP) is 1.51. The molecule has 1 heterocycles. The first-order valence-electron chi connectivity index (χ1n) is 9.37. The van der Waals surface area contributed by atoms with Gasteiger partial charge in [0.15, 0.2) is 0 Å². The highest BCUT2D eigenvalue weighted by Crippen LogP contribution is 2.20. The average Bonchev–Trinajstić information content (AvgIpc) is 2.62. The van der Waals surface area contributed by atoms with Gasteiger partial charge in [-0.25, -0.2) is 4.79 Å². The molecular formula is C19H28ClN5O3. The molecule has 1 aromatic carbocycles. The Morgan fingerprint density at radius 3 is 2.36 bits per heavy atom. The van der Waals surface area contributed by atoms with Crippen molar-refractivity contribution in [2.75, 3.05) is 38.0 Å². The minimum Gasteiger partial charge on any atom is -0.352 e. The highest BCUT2D eigenvalue weighted by Gasteiger charge is 2.29. The van der Waals surface area contributed by atoms with Crippen LogP contribution >= 0.6 is 11.6 Å². The lowest BCUT2D eigenvalue weighted by Crippen LogP contribution is -2.56. The molecule has 0 bridgehead atoms. The van der Waals surface area contributed by atoms with Crippen molar-refractivity contribution in [2.24, 2.45) is 11.7 Å². The van der Waals surface area contributed by atoms with Crippen LogP contribution in [0.25, 0.3) is 0 Å². The summed E-state index contributed by atoms with van der Waals surface area (Å²) < 4.78 is 0. The maximum atomic E-state index is 12.7. The van der Waals surface area contributed by atoms with E-state index in [2.05, 4.69) is 10.6 Å². The van der Waals surface area contributed by atoms with E-state index in [-0.39, 0.29) is 24.3 Å². The fourth-order valence-corrected chi connectivity index (χ4v) is 3.35. The number of anilines is 1. The number of nitrogens with one attached hydrogen (secondary N) is 2. The first-order chi connectivity index (χ1) is 13.3. The molecule has 8 nitrogen and oxygen atoms in total. The third kappa shape index (κ3) is 6.69. The van der Waals surface area contributed by atoms with Crippen molar-refractivity contribution in [1.82, 2.24) is 15.1 Å². The highest BCUT2D eigenvalue weighted by atomic mass is 35.5. The van der Waals surface area contributed by atoms with Gasteiger partial charge < -0.3 is 21.3 Å². The number of nitrogens with two attached hydrogens (primary N) is 1. The largest absolute Gasteiger partial charge is 0.352 e. The number of para-hydroxylation sites is 1. The molecule has 0 unspecified atom stereocenters. The molecule has 9 heteroatoms. The number of hydrogen-bond donors (Lipinski definition) is 3. The highest BCUT2D eigenvalue weighted by molar-refractivity contribution is 6.33. The zero-order chi connectivity index (χ0) is 20.7. The Morgan fingerprint density at radius 1 is 1.14 bits per heavy atom. The second-order valence-electron chi connectivity index (χ2n) is 7.32. The molecule has 0 aliphatic carbocycles. The fourth-order valence-electron chi connectivity index (χ4n) is 3.17. The summed E-state index contributed by atoms with van der Waals surface area (Å²) in [4.78, 5) is 39.9. The summed E-state index contributed by atoms with van der Waals surface area (Å²) in [5, 5.41) is 5.83. The van der Waals surface area contributed by atoms with Crippen LogP contribution in [0.2, 0.25) is 5.02 Å². The van der Waals surface area contributed by atoms with Crippen LogP contribution < -0.4 is 16.4 Å². The van der Waals surface area contributed by atoms with E-state index in [0.717, 1.165) is 0 Å². The summed E-state index contributed by atoms with van der Waals surface area (Å²) in [6.45, 7) is 6.33. The Kier molecular flexibility index (Phi) is 8.07. The molecule has 1 saturated heterocycles. The Morgan fingerprint density at radius 2 is 1.79 bits per heavy atom. The van der Waals surface area contributed by atoms with Gasteiger partial charge in [0.25, 0.3) is 0 Å². The number of benzene rings is 1. The molecule has 154 valence electrons. The number of hydrogen-bond acceptors (Lipinski definition) is 4. The number of amides is 4. The van der Waals surface area contributed by atoms with Gasteiger partial charge in [-0.2, -0.15) is 0 Å². The Labute approximate surface area is 170 Å². The van der Waals surface area contributed by atoms with Crippen LogP contribution in [0.15, 0.2) is 24.3 Å². The van der Waals surface area contributed by atoms with E-state index in [1.54, 1.807) is 29.2 Å². The predicted molar refractivity (Wildman–Crippen MR) is 109 cm³/mol. The Balaban J connectivity index is 1.84. The number of carbonyl (C=O) groups is 3. The van der Waals surface area contributed by atoms with Crippen LogP contribution in [0.3, 0.4) is 0 Å². The van der Waals surface area contributed by atoms with Gasteiger partial charge in [-0.15, -0.1) is 0 Å². The van der Waals surface area contributed by atoms with Gasteiger partial charge in [-0.05, 0) is 24.5 Å². The minimum atomic E-state index is -0.700. The standard InChI is InChI=1S/C19H28ClN5O3/c1-13(2)11-16(23-19(21)28)18(27)25-9-7-24(8-10-25)12-17(26)22-15-6-4-3-5-14(15)20/h3-6,13,16H,7-12H2,1-2H3,(H,22,26)(H3,21,23,28)/t16-/m1/s1. The fraction of sp³-hybridized carbons (Fsp3) is 0.526. The topological polar surface area (TPSA) is 108 Å². The molecule has 1 aliphatic rings. The van der Waals surface area contributed by atoms with Gasteiger partial charge in [-0.1, -0.05) is 37.6 Å². The van der Waals surface area contributed by atoms with E-state index in [1.807, 2.05) is 18.7 Å². The lowest BCUT2D eigenvalue weighted by molar-refractivity contribution is -0.135. The monoisotopic (exact) mass is 409 g/mol. The Bertz CT molecular complexity index is 705. The van der Waals surface area contributed by atoms with Gasteiger partial charge >= 0.3 is 6.03 Å². The summed E-state index contributed by atoms with van der Waals surface area (Å²) in [5.74, 6) is -0.0378. The van der Waals surface area contributed by atoms with E-state index in [0.29, 0.717) is 43.3 Å². The second-order valence-corrected chi connectivity index (χ2v) is 7.73. The van der Waals surface area contributed by atoms with Gasteiger partial charge in [0.1, 0.15) is 6.04 Å². The molecule has 1 fully saturated rings. The van der Waals surface area contributed by atoms with E-state index in [4.69, 9.17) is 17.3 Å². The molecule has 1 aromatic rings. The number of rotatable bonds is 7. The molecule has 0 radical (unpaired) electrons. The third-order valence-corrected chi connectivity index (χ3v) is 4.85. The second kappa shape index (κ2) is 10.3. The van der Waals surface area contributed by atoms with Crippen molar-refractivity contribution in [2.45, 2.75) is 26.3 Å². The molecule has 1 atom stereocenters. The molecule has 1 aliphatic heterocycles. The first kappa shape index (κ1) is 22.0. The molecule has 4 N–H and O–H groups in total. The van der Waals surface area contributed by atoms with Crippen LogP contribution in [0, 0.1) is 5.92 Å². The summed E-state index contributed by atoms with van der Waals surface area (Å²) in [6, 6.07) is 5.75. The number of nitrogens with zero attached hydrogens (tertiary/aromatic N) is 2. The van der Waals surface area contributed by atoms with Gasteiger partial charge in [0.05, 0.1) is 17.3 Å². The number of carbonyl (C=O) groups excluding carboxylic acids is 3. The van der Waals surface area contributed by atoms with Crippen molar-refractivity contribution in [1.29, 1.82) is 0 Å². The zero-order valence-corrected chi connectivity index (χ0v) is 17.0. The summed E-state index contributed by atoms with van der Waals surface area (Å²) in [6.07, 6.45) is 0.530. The lowest BCUT2D eigenvalue weighted by atomic mass is 10.0.